The molecular formula is C24H18F3N3O2. The number of imide groups is 1. The number of aromatic nitrogens is 1. The fourth-order valence-corrected chi connectivity index (χ4v) is 3.42. The molecule has 1 aromatic heterocycles. The van der Waals surface area contributed by atoms with Gasteiger partial charge in [-0.2, -0.15) is 13.2 Å². The third-order valence-electron chi connectivity index (χ3n) is 5.03. The smallest absolute Gasteiger partial charge is 0.350 e. The van der Waals surface area contributed by atoms with E-state index < -0.39 is 23.6 Å². The first-order valence-electron chi connectivity index (χ1n) is 9.75. The van der Waals surface area contributed by atoms with E-state index in [1.807, 2.05) is 6.92 Å². The van der Waals surface area contributed by atoms with Crippen LogP contribution in [-0.2, 0) is 22.3 Å². The summed E-state index contributed by atoms with van der Waals surface area (Å²) >= 11 is 0. The van der Waals surface area contributed by atoms with Gasteiger partial charge >= 0.3 is 6.18 Å². The number of alkyl halides is 3. The highest BCUT2D eigenvalue weighted by Gasteiger charge is 2.39. The standard InChI is InChI=1S/C24H18F3N3O2/c1-15-7-9-17(10-8-15)20-21(29-19-6-2-5-18(12-19)24(25,26)27)23(32)30(22(20)31)14-16-4-3-11-28-13-16/h2-13,29H,14H2,1H3. The molecule has 0 fully saturated rings. The lowest BCUT2D eigenvalue weighted by atomic mass is 10.0. The van der Waals surface area contributed by atoms with Crippen LogP contribution < -0.4 is 5.32 Å². The summed E-state index contributed by atoms with van der Waals surface area (Å²) in [5.41, 5.74) is 1.35. The Balaban J connectivity index is 1.75. The number of pyridine rings is 1. The third-order valence-corrected chi connectivity index (χ3v) is 5.03. The minimum absolute atomic E-state index is 0.00532. The zero-order chi connectivity index (χ0) is 22.9. The van der Waals surface area contributed by atoms with Crippen molar-refractivity contribution in [2.75, 3.05) is 5.32 Å². The number of nitrogens with one attached hydrogen (secondary N) is 1. The largest absolute Gasteiger partial charge is 0.416 e. The molecule has 0 unspecified atom stereocenters. The Labute approximate surface area is 182 Å². The lowest BCUT2D eigenvalue weighted by Crippen LogP contribution is -2.32. The third kappa shape index (κ3) is 4.25. The second kappa shape index (κ2) is 8.30. The zero-order valence-corrected chi connectivity index (χ0v) is 17.0. The topological polar surface area (TPSA) is 62.3 Å². The SMILES string of the molecule is Cc1ccc(C2=C(Nc3cccc(C(F)(F)F)c3)C(=O)N(Cc3cccnc3)C2=O)cc1. The van der Waals surface area contributed by atoms with Gasteiger partial charge in [0, 0.05) is 18.1 Å². The van der Waals surface area contributed by atoms with Gasteiger partial charge in [0.15, 0.2) is 0 Å². The van der Waals surface area contributed by atoms with Crippen molar-refractivity contribution in [1.82, 2.24) is 9.88 Å². The van der Waals surface area contributed by atoms with Crippen molar-refractivity contribution in [2.45, 2.75) is 19.6 Å². The normalized spacial score (nSPS) is 14.3. The number of carbonyl (C=O) groups is 2. The second-order valence-corrected chi connectivity index (χ2v) is 7.38. The number of aryl methyl sites for hydroxylation is 1. The van der Waals surface area contributed by atoms with Crippen LogP contribution in [0.3, 0.4) is 0 Å². The summed E-state index contributed by atoms with van der Waals surface area (Å²) < 4.78 is 39.4. The summed E-state index contributed by atoms with van der Waals surface area (Å²) in [6, 6.07) is 14.9. The Morgan fingerprint density at radius 3 is 2.38 bits per heavy atom. The van der Waals surface area contributed by atoms with Crippen LogP contribution >= 0.6 is 0 Å². The second-order valence-electron chi connectivity index (χ2n) is 7.38. The Bertz CT molecular complexity index is 1200. The van der Waals surface area contributed by atoms with E-state index in [0.717, 1.165) is 22.6 Å². The van der Waals surface area contributed by atoms with Gasteiger partial charge in [-0.05, 0) is 42.3 Å². The number of amides is 2. The van der Waals surface area contributed by atoms with Crippen LogP contribution in [0, 0.1) is 6.92 Å². The summed E-state index contributed by atoms with van der Waals surface area (Å²) in [7, 11) is 0. The number of nitrogens with zero attached hydrogens (tertiary/aromatic N) is 2. The van der Waals surface area contributed by atoms with Crippen LogP contribution in [0.25, 0.3) is 5.57 Å². The Hall–Kier alpha value is -3.94. The first kappa shape index (κ1) is 21.3. The summed E-state index contributed by atoms with van der Waals surface area (Å²) in [5, 5.41) is 2.76. The molecule has 0 saturated carbocycles. The van der Waals surface area contributed by atoms with Gasteiger partial charge in [0.2, 0.25) is 0 Å². The summed E-state index contributed by atoms with van der Waals surface area (Å²) in [4.78, 5) is 31.5. The molecule has 4 rings (SSSR count). The molecule has 0 saturated heterocycles. The molecule has 5 nitrogen and oxygen atoms in total. The zero-order valence-electron chi connectivity index (χ0n) is 17.0. The van der Waals surface area contributed by atoms with E-state index >= 15 is 0 Å². The quantitative estimate of drug-likeness (QED) is 0.583. The summed E-state index contributed by atoms with van der Waals surface area (Å²) in [6.07, 6.45) is -1.41. The Morgan fingerprint density at radius 1 is 0.969 bits per heavy atom. The highest BCUT2D eigenvalue weighted by atomic mass is 19.4. The fraction of sp³-hybridized carbons (Fsp3) is 0.125. The molecular weight excluding hydrogens is 419 g/mol. The van der Waals surface area contributed by atoms with Crippen molar-refractivity contribution < 1.29 is 22.8 Å². The van der Waals surface area contributed by atoms with Crippen LogP contribution in [0.1, 0.15) is 22.3 Å². The minimum atomic E-state index is -4.53. The van der Waals surface area contributed by atoms with Gasteiger partial charge in [-0.15, -0.1) is 0 Å². The van der Waals surface area contributed by atoms with Gasteiger partial charge in [0.05, 0.1) is 17.7 Å². The summed E-state index contributed by atoms with van der Waals surface area (Å²) in [5.74, 6) is -1.15. The number of carbonyl (C=O) groups excluding carboxylic acids is 2. The molecule has 8 heteroatoms. The minimum Gasteiger partial charge on any atom is -0.350 e. The highest BCUT2D eigenvalue weighted by Crippen LogP contribution is 2.34. The van der Waals surface area contributed by atoms with E-state index in [0.29, 0.717) is 11.1 Å². The van der Waals surface area contributed by atoms with Crippen molar-refractivity contribution in [3.05, 3.63) is 101 Å². The van der Waals surface area contributed by atoms with Gasteiger partial charge in [0.1, 0.15) is 5.70 Å². The van der Waals surface area contributed by atoms with E-state index in [9.17, 15) is 22.8 Å². The van der Waals surface area contributed by atoms with Gasteiger partial charge in [-0.25, -0.2) is 0 Å². The van der Waals surface area contributed by atoms with Crippen LogP contribution in [0.4, 0.5) is 18.9 Å². The monoisotopic (exact) mass is 437 g/mol. The average molecular weight is 437 g/mol. The maximum atomic E-state index is 13.2. The van der Waals surface area contributed by atoms with E-state index in [1.165, 1.54) is 12.1 Å². The lowest BCUT2D eigenvalue weighted by molar-refractivity contribution is -0.138. The molecule has 1 aliphatic heterocycles. The first-order chi connectivity index (χ1) is 15.2. The van der Waals surface area contributed by atoms with Crippen molar-refractivity contribution in [2.24, 2.45) is 0 Å². The molecule has 162 valence electrons. The number of rotatable bonds is 5. The molecule has 1 N–H and O–H groups in total. The van der Waals surface area contributed by atoms with E-state index in [2.05, 4.69) is 10.3 Å². The van der Waals surface area contributed by atoms with Crippen LogP contribution in [0.5, 0.6) is 0 Å². The fourth-order valence-electron chi connectivity index (χ4n) is 3.42. The van der Waals surface area contributed by atoms with Crippen LogP contribution in [0.2, 0.25) is 0 Å². The predicted molar refractivity (Wildman–Crippen MR) is 113 cm³/mol. The molecule has 32 heavy (non-hydrogen) atoms. The number of hydrogen-bond donors (Lipinski definition) is 1. The Kier molecular flexibility index (Phi) is 5.52. The van der Waals surface area contributed by atoms with Crippen molar-refractivity contribution in [3.8, 4) is 0 Å². The maximum Gasteiger partial charge on any atom is 0.416 e. The Morgan fingerprint density at radius 2 is 1.72 bits per heavy atom. The molecule has 3 aromatic rings. The summed E-state index contributed by atoms with van der Waals surface area (Å²) in [6.45, 7) is 1.88. The molecule has 1 aliphatic rings. The average Bonchev–Trinajstić information content (AvgIpc) is 2.99. The van der Waals surface area contributed by atoms with E-state index in [1.54, 1.807) is 48.8 Å². The molecule has 2 amide bonds. The van der Waals surface area contributed by atoms with Crippen LogP contribution in [-0.4, -0.2) is 21.7 Å². The van der Waals surface area contributed by atoms with Crippen molar-refractivity contribution in [1.29, 1.82) is 0 Å². The first-order valence-corrected chi connectivity index (χ1v) is 9.75. The van der Waals surface area contributed by atoms with Crippen molar-refractivity contribution >= 4 is 23.1 Å². The number of benzene rings is 2. The molecule has 0 radical (unpaired) electrons. The van der Waals surface area contributed by atoms with Crippen molar-refractivity contribution in [3.63, 3.8) is 0 Å². The number of anilines is 1. The predicted octanol–water partition coefficient (Wildman–Crippen LogP) is 4.80. The molecule has 2 aromatic carbocycles. The van der Waals surface area contributed by atoms with E-state index in [4.69, 9.17) is 0 Å². The molecule has 0 atom stereocenters. The number of hydrogen-bond acceptors (Lipinski definition) is 4. The number of halogens is 3. The highest BCUT2D eigenvalue weighted by molar-refractivity contribution is 6.36. The molecule has 0 spiro atoms. The van der Waals surface area contributed by atoms with Gasteiger partial charge in [-0.3, -0.25) is 19.5 Å². The van der Waals surface area contributed by atoms with Crippen LogP contribution in [0.15, 0.2) is 78.8 Å². The molecule has 0 aliphatic carbocycles. The van der Waals surface area contributed by atoms with Gasteiger partial charge in [0.25, 0.3) is 11.8 Å². The molecule has 0 bridgehead atoms. The van der Waals surface area contributed by atoms with Gasteiger partial charge < -0.3 is 5.32 Å². The van der Waals surface area contributed by atoms with E-state index in [-0.39, 0.29) is 23.5 Å². The van der Waals surface area contributed by atoms with Gasteiger partial charge in [-0.1, -0.05) is 42.0 Å². The maximum absolute atomic E-state index is 13.2. The molecule has 2 heterocycles. The lowest BCUT2D eigenvalue weighted by Gasteiger charge is -2.15.